The van der Waals surface area contributed by atoms with Crippen LogP contribution in [0.25, 0.3) is 5.57 Å². The fraction of sp³-hybridized carbons (Fsp3) is 0.160. The molecule has 11 heteroatoms. The maximum Gasteiger partial charge on any atom is 0.269 e. The predicted molar refractivity (Wildman–Crippen MR) is 135 cm³/mol. The molecule has 0 spiro atoms. The van der Waals surface area contributed by atoms with E-state index in [-0.39, 0.29) is 22.3 Å². The number of nitrogens with one attached hydrogen (secondary N) is 2. The number of nitrogens with zero attached hydrogens (tertiary/aromatic N) is 4. The quantitative estimate of drug-likeness (QED) is 0.336. The van der Waals surface area contributed by atoms with Gasteiger partial charge in [-0.1, -0.05) is 48.6 Å². The van der Waals surface area contributed by atoms with Crippen molar-refractivity contribution in [3.8, 4) is 6.07 Å². The number of anilines is 2. The standard InChI is InChI=1S/C25H22N6O4S/c1-18(25(17-26)14-11-20(12-15-25)19-5-3-2-4-6-19)28-24-27-16-13-23(29-24)30-36(34,35)22-9-7-21(8-10-22)31(32)33/h2-14,16,18H,15H2,1H3,(H2,27,28,29,30). The Labute approximate surface area is 208 Å². The Morgan fingerprint density at radius 3 is 2.47 bits per heavy atom. The molecule has 0 bridgehead atoms. The Kier molecular flexibility index (Phi) is 6.80. The van der Waals surface area contributed by atoms with Gasteiger partial charge in [-0.3, -0.25) is 14.8 Å². The minimum atomic E-state index is -4.03. The highest BCUT2D eigenvalue weighted by molar-refractivity contribution is 7.92. The summed E-state index contributed by atoms with van der Waals surface area (Å²) >= 11 is 0. The lowest BCUT2D eigenvalue weighted by Gasteiger charge is -2.32. The van der Waals surface area contributed by atoms with Crippen LogP contribution in [-0.2, 0) is 10.0 Å². The molecule has 4 rings (SSSR count). The van der Waals surface area contributed by atoms with Gasteiger partial charge in [-0.05, 0) is 42.7 Å². The van der Waals surface area contributed by atoms with Crippen molar-refractivity contribution in [1.29, 1.82) is 5.26 Å². The van der Waals surface area contributed by atoms with Gasteiger partial charge in [0.1, 0.15) is 5.82 Å². The molecule has 1 aromatic heterocycles. The molecule has 0 saturated carbocycles. The second kappa shape index (κ2) is 9.97. The van der Waals surface area contributed by atoms with Gasteiger partial charge in [0.2, 0.25) is 5.95 Å². The number of non-ortho nitro benzene ring substituents is 1. The predicted octanol–water partition coefficient (Wildman–Crippen LogP) is 4.54. The van der Waals surface area contributed by atoms with E-state index in [2.05, 4.69) is 26.1 Å². The molecule has 0 amide bonds. The first-order valence-corrected chi connectivity index (χ1v) is 12.4. The number of nitro groups is 1. The summed E-state index contributed by atoms with van der Waals surface area (Å²) in [6, 6.07) is 17.8. The van der Waals surface area contributed by atoms with E-state index >= 15 is 0 Å². The maximum atomic E-state index is 12.7. The monoisotopic (exact) mass is 502 g/mol. The van der Waals surface area contributed by atoms with Crippen molar-refractivity contribution in [2.75, 3.05) is 10.0 Å². The largest absolute Gasteiger partial charge is 0.350 e. The van der Waals surface area contributed by atoms with Crippen molar-refractivity contribution in [3.05, 3.63) is 101 Å². The zero-order chi connectivity index (χ0) is 25.8. The molecule has 182 valence electrons. The molecule has 2 atom stereocenters. The molecule has 0 saturated heterocycles. The Bertz CT molecular complexity index is 1480. The summed E-state index contributed by atoms with van der Waals surface area (Å²) in [7, 11) is -4.03. The van der Waals surface area contributed by atoms with Crippen LogP contribution < -0.4 is 10.0 Å². The number of sulfonamides is 1. The van der Waals surface area contributed by atoms with E-state index in [1.165, 1.54) is 12.3 Å². The smallest absolute Gasteiger partial charge is 0.269 e. The first-order chi connectivity index (χ1) is 17.2. The third kappa shape index (κ3) is 5.24. The topological polar surface area (TPSA) is 151 Å². The number of benzene rings is 2. The summed E-state index contributed by atoms with van der Waals surface area (Å²) in [5, 5.41) is 23.9. The lowest BCUT2D eigenvalue weighted by atomic mass is 9.75. The van der Waals surface area contributed by atoms with Crippen LogP contribution in [0.3, 0.4) is 0 Å². The zero-order valence-electron chi connectivity index (χ0n) is 19.2. The summed E-state index contributed by atoms with van der Waals surface area (Å²) in [5.74, 6) is 0.154. The summed E-state index contributed by atoms with van der Waals surface area (Å²) in [5.41, 5.74) is 1.03. The molecule has 36 heavy (non-hydrogen) atoms. The number of hydrogen-bond acceptors (Lipinski definition) is 8. The summed E-state index contributed by atoms with van der Waals surface area (Å²) in [6.07, 6.45) is 7.68. The van der Waals surface area contributed by atoms with Gasteiger partial charge in [0.05, 0.1) is 21.3 Å². The number of hydrogen-bond donors (Lipinski definition) is 2. The van der Waals surface area contributed by atoms with E-state index in [1.807, 2.05) is 55.5 Å². The second-order valence-electron chi connectivity index (χ2n) is 8.20. The molecule has 1 aliphatic carbocycles. The van der Waals surface area contributed by atoms with Crippen LogP contribution in [0.2, 0.25) is 0 Å². The molecule has 0 aliphatic heterocycles. The minimum absolute atomic E-state index is 0.00880. The number of nitriles is 1. The van der Waals surface area contributed by atoms with E-state index in [4.69, 9.17) is 0 Å². The molecule has 2 unspecified atom stereocenters. The van der Waals surface area contributed by atoms with E-state index in [0.29, 0.717) is 6.42 Å². The number of rotatable bonds is 8. The van der Waals surface area contributed by atoms with Gasteiger partial charge in [0.25, 0.3) is 15.7 Å². The molecule has 10 nitrogen and oxygen atoms in total. The van der Waals surface area contributed by atoms with Gasteiger partial charge in [0.15, 0.2) is 0 Å². The lowest BCUT2D eigenvalue weighted by molar-refractivity contribution is -0.384. The highest BCUT2D eigenvalue weighted by atomic mass is 32.2. The fourth-order valence-electron chi connectivity index (χ4n) is 3.75. The lowest BCUT2D eigenvalue weighted by Crippen LogP contribution is -2.37. The van der Waals surface area contributed by atoms with Crippen molar-refractivity contribution in [1.82, 2.24) is 9.97 Å². The van der Waals surface area contributed by atoms with Crippen molar-refractivity contribution in [2.24, 2.45) is 5.41 Å². The van der Waals surface area contributed by atoms with E-state index in [0.717, 1.165) is 35.4 Å². The third-order valence-corrected chi connectivity index (χ3v) is 7.28. The SMILES string of the molecule is CC(Nc1nccc(NS(=O)(=O)c2ccc([N+](=O)[O-])cc2)n1)C1(C#N)C=CC(c2ccccc2)=CC1. The van der Waals surface area contributed by atoms with Crippen molar-refractivity contribution in [2.45, 2.75) is 24.3 Å². The first kappa shape index (κ1) is 24.6. The molecule has 0 radical (unpaired) electrons. The molecule has 0 fully saturated rings. The number of aromatic nitrogens is 2. The molecular formula is C25H22N6O4S. The maximum absolute atomic E-state index is 12.7. The van der Waals surface area contributed by atoms with Crippen LogP contribution >= 0.6 is 0 Å². The minimum Gasteiger partial charge on any atom is -0.350 e. The van der Waals surface area contributed by atoms with Gasteiger partial charge >= 0.3 is 0 Å². The molecular weight excluding hydrogens is 480 g/mol. The van der Waals surface area contributed by atoms with Crippen LogP contribution in [0.1, 0.15) is 18.9 Å². The normalized spacial score (nSPS) is 17.9. The molecule has 2 N–H and O–H groups in total. The Morgan fingerprint density at radius 2 is 1.86 bits per heavy atom. The highest BCUT2D eigenvalue weighted by Crippen LogP contribution is 2.36. The number of allylic oxidation sites excluding steroid dienone is 3. The average molecular weight is 503 g/mol. The summed E-state index contributed by atoms with van der Waals surface area (Å²) < 4.78 is 27.7. The summed E-state index contributed by atoms with van der Waals surface area (Å²) in [4.78, 5) is 18.4. The summed E-state index contributed by atoms with van der Waals surface area (Å²) in [6.45, 7) is 1.84. The van der Waals surface area contributed by atoms with E-state index < -0.39 is 26.4 Å². The van der Waals surface area contributed by atoms with Crippen LogP contribution in [0, 0.1) is 26.9 Å². The van der Waals surface area contributed by atoms with Crippen LogP contribution in [0.4, 0.5) is 17.5 Å². The highest BCUT2D eigenvalue weighted by Gasteiger charge is 2.35. The molecule has 2 aromatic carbocycles. The first-order valence-electron chi connectivity index (χ1n) is 11.0. The third-order valence-electron chi connectivity index (χ3n) is 5.91. The molecule has 1 heterocycles. The number of nitro benzene ring substituents is 1. The van der Waals surface area contributed by atoms with Gasteiger partial charge in [0, 0.05) is 24.4 Å². The van der Waals surface area contributed by atoms with Crippen molar-refractivity contribution in [3.63, 3.8) is 0 Å². The molecule has 3 aromatic rings. The van der Waals surface area contributed by atoms with E-state index in [9.17, 15) is 23.8 Å². The second-order valence-corrected chi connectivity index (χ2v) is 9.89. The van der Waals surface area contributed by atoms with Gasteiger partial charge in [-0.25, -0.2) is 13.4 Å². The average Bonchev–Trinajstić information content (AvgIpc) is 2.89. The zero-order valence-corrected chi connectivity index (χ0v) is 20.0. The Balaban J connectivity index is 1.47. The van der Waals surface area contributed by atoms with Gasteiger partial charge < -0.3 is 5.32 Å². The Morgan fingerprint density at radius 1 is 1.14 bits per heavy atom. The van der Waals surface area contributed by atoms with Gasteiger partial charge in [-0.15, -0.1) is 0 Å². The van der Waals surface area contributed by atoms with Crippen LogP contribution in [0.5, 0.6) is 0 Å². The van der Waals surface area contributed by atoms with Gasteiger partial charge in [-0.2, -0.15) is 10.2 Å². The van der Waals surface area contributed by atoms with Crippen LogP contribution in [-0.4, -0.2) is 29.4 Å². The van der Waals surface area contributed by atoms with Crippen molar-refractivity contribution >= 4 is 33.0 Å². The molecule has 1 aliphatic rings. The fourth-order valence-corrected chi connectivity index (χ4v) is 4.75. The van der Waals surface area contributed by atoms with Crippen molar-refractivity contribution < 1.29 is 13.3 Å². The Hall–Kier alpha value is -4.56. The van der Waals surface area contributed by atoms with E-state index in [1.54, 1.807) is 0 Å². The van der Waals surface area contributed by atoms with Crippen LogP contribution in [0.15, 0.2) is 90.0 Å².